The van der Waals surface area contributed by atoms with Crippen molar-refractivity contribution in [2.24, 2.45) is 0 Å². The average molecular weight is 155 g/mol. The van der Waals surface area contributed by atoms with Crippen LogP contribution in [-0.2, 0) is 0 Å². The summed E-state index contributed by atoms with van der Waals surface area (Å²) in [5, 5.41) is 8.72. The van der Waals surface area contributed by atoms with Crippen molar-refractivity contribution in [1.82, 2.24) is 4.90 Å². The summed E-state index contributed by atoms with van der Waals surface area (Å²) in [6, 6.07) is 0.532. The molecule has 1 N–H and O–H groups in total. The quantitative estimate of drug-likeness (QED) is 0.615. The molecule has 0 fully saturated rings. The van der Waals surface area contributed by atoms with Crippen LogP contribution in [0.4, 0.5) is 0 Å². The van der Waals surface area contributed by atoms with Crippen molar-refractivity contribution in [3.05, 3.63) is 12.2 Å². The van der Waals surface area contributed by atoms with Gasteiger partial charge in [0.1, 0.15) is 0 Å². The lowest BCUT2D eigenvalue weighted by molar-refractivity contribution is 0.179. The lowest BCUT2D eigenvalue weighted by Crippen LogP contribution is -2.36. The fourth-order valence-corrected chi connectivity index (χ4v) is 1.43. The molecule has 1 atom stereocenters. The summed E-state index contributed by atoms with van der Waals surface area (Å²) in [5.41, 5.74) is 0. The second kappa shape index (κ2) is 4.52. The normalized spacial score (nSPS) is 22.0. The SMILES string of the molecule is CC(CCO)N1CC=CCC1. The van der Waals surface area contributed by atoms with Crippen LogP contribution in [0.2, 0.25) is 0 Å². The first-order valence-corrected chi connectivity index (χ1v) is 4.34. The highest BCUT2D eigenvalue weighted by molar-refractivity contribution is 4.92. The molecule has 0 amide bonds. The Bertz CT molecular complexity index is 134. The molecule has 2 nitrogen and oxygen atoms in total. The molecule has 1 unspecified atom stereocenters. The van der Waals surface area contributed by atoms with Gasteiger partial charge < -0.3 is 5.11 Å². The monoisotopic (exact) mass is 155 g/mol. The molecule has 0 saturated carbocycles. The first-order chi connectivity index (χ1) is 5.34. The van der Waals surface area contributed by atoms with E-state index in [9.17, 15) is 0 Å². The maximum Gasteiger partial charge on any atom is 0.0445 e. The molecule has 0 aromatic heterocycles. The molecular formula is C9H17NO. The smallest absolute Gasteiger partial charge is 0.0445 e. The Kier molecular flexibility index (Phi) is 3.60. The topological polar surface area (TPSA) is 23.5 Å². The summed E-state index contributed by atoms with van der Waals surface area (Å²) in [6.07, 6.45) is 6.49. The van der Waals surface area contributed by atoms with Crippen LogP contribution in [0.15, 0.2) is 12.2 Å². The number of hydrogen-bond donors (Lipinski definition) is 1. The van der Waals surface area contributed by atoms with Crippen LogP contribution in [0.5, 0.6) is 0 Å². The number of rotatable bonds is 3. The maximum atomic E-state index is 8.72. The molecular weight excluding hydrogens is 138 g/mol. The van der Waals surface area contributed by atoms with Gasteiger partial charge in [-0.25, -0.2) is 0 Å². The van der Waals surface area contributed by atoms with Gasteiger partial charge in [0.25, 0.3) is 0 Å². The Morgan fingerprint density at radius 1 is 1.55 bits per heavy atom. The number of nitrogens with zero attached hydrogens (tertiary/aromatic N) is 1. The second-order valence-electron chi connectivity index (χ2n) is 3.12. The lowest BCUT2D eigenvalue weighted by atomic mass is 10.1. The molecule has 0 saturated heterocycles. The number of hydrogen-bond acceptors (Lipinski definition) is 2. The third-order valence-electron chi connectivity index (χ3n) is 2.26. The zero-order chi connectivity index (χ0) is 8.10. The third-order valence-corrected chi connectivity index (χ3v) is 2.26. The molecule has 0 bridgehead atoms. The molecule has 2 heteroatoms. The van der Waals surface area contributed by atoms with Crippen molar-refractivity contribution in [3.63, 3.8) is 0 Å². The minimum absolute atomic E-state index is 0.307. The molecule has 1 heterocycles. The van der Waals surface area contributed by atoms with Crippen molar-refractivity contribution >= 4 is 0 Å². The molecule has 1 aliphatic rings. The molecule has 0 aromatic rings. The summed E-state index contributed by atoms with van der Waals surface area (Å²) in [5.74, 6) is 0. The van der Waals surface area contributed by atoms with Crippen LogP contribution in [0.3, 0.4) is 0 Å². The van der Waals surface area contributed by atoms with Crippen LogP contribution in [0.25, 0.3) is 0 Å². The van der Waals surface area contributed by atoms with E-state index < -0.39 is 0 Å². The molecule has 11 heavy (non-hydrogen) atoms. The number of aliphatic hydroxyl groups excluding tert-OH is 1. The zero-order valence-electron chi connectivity index (χ0n) is 7.16. The summed E-state index contributed by atoms with van der Waals surface area (Å²) in [7, 11) is 0. The van der Waals surface area contributed by atoms with Gasteiger partial charge in [-0.15, -0.1) is 0 Å². The van der Waals surface area contributed by atoms with E-state index in [1.54, 1.807) is 0 Å². The van der Waals surface area contributed by atoms with Crippen LogP contribution in [0.1, 0.15) is 19.8 Å². The zero-order valence-corrected chi connectivity index (χ0v) is 7.16. The highest BCUT2D eigenvalue weighted by Crippen LogP contribution is 2.08. The Labute approximate surface area is 68.5 Å². The Morgan fingerprint density at radius 3 is 2.91 bits per heavy atom. The molecule has 0 radical (unpaired) electrons. The predicted octanol–water partition coefficient (Wildman–Crippen LogP) is 1.02. The van der Waals surface area contributed by atoms with E-state index in [1.807, 2.05) is 0 Å². The van der Waals surface area contributed by atoms with Crippen LogP contribution >= 0.6 is 0 Å². The third kappa shape index (κ3) is 2.64. The van der Waals surface area contributed by atoms with Gasteiger partial charge in [-0.3, -0.25) is 4.90 Å². The summed E-state index contributed by atoms with van der Waals surface area (Å²) in [6.45, 7) is 4.69. The average Bonchev–Trinajstić information content (AvgIpc) is 2.07. The van der Waals surface area contributed by atoms with E-state index in [0.717, 1.165) is 25.9 Å². The van der Waals surface area contributed by atoms with Gasteiger partial charge in [0.05, 0.1) is 0 Å². The van der Waals surface area contributed by atoms with Gasteiger partial charge in [0.2, 0.25) is 0 Å². The van der Waals surface area contributed by atoms with Crippen molar-refractivity contribution < 1.29 is 5.11 Å². The highest BCUT2D eigenvalue weighted by Gasteiger charge is 2.12. The van der Waals surface area contributed by atoms with Gasteiger partial charge in [-0.2, -0.15) is 0 Å². The molecule has 0 aromatic carbocycles. The minimum atomic E-state index is 0.307. The largest absolute Gasteiger partial charge is 0.396 e. The Balaban J connectivity index is 2.28. The van der Waals surface area contributed by atoms with E-state index in [1.165, 1.54) is 0 Å². The first-order valence-electron chi connectivity index (χ1n) is 4.34. The van der Waals surface area contributed by atoms with Gasteiger partial charge in [0.15, 0.2) is 0 Å². The second-order valence-corrected chi connectivity index (χ2v) is 3.12. The van der Waals surface area contributed by atoms with E-state index >= 15 is 0 Å². The van der Waals surface area contributed by atoms with E-state index in [2.05, 4.69) is 24.0 Å². The minimum Gasteiger partial charge on any atom is -0.396 e. The van der Waals surface area contributed by atoms with Crippen LogP contribution < -0.4 is 0 Å². The molecule has 0 spiro atoms. The van der Waals surface area contributed by atoms with Crippen molar-refractivity contribution in [2.75, 3.05) is 19.7 Å². The molecule has 0 aliphatic carbocycles. The van der Waals surface area contributed by atoms with Gasteiger partial charge >= 0.3 is 0 Å². The molecule has 1 rings (SSSR count). The fourth-order valence-electron chi connectivity index (χ4n) is 1.43. The van der Waals surface area contributed by atoms with E-state index in [0.29, 0.717) is 12.6 Å². The predicted molar refractivity (Wildman–Crippen MR) is 46.5 cm³/mol. The van der Waals surface area contributed by atoms with Gasteiger partial charge in [-0.1, -0.05) is 12.2 Å². The maximum absolute atomic E-state index is 8.72. The van der Waals surface area contributed by atoms with Crippen molar-refractivity contribution in [2.45, 2.75) is 25.8 Å². The van der Waals surface area contributed by atoms with E-state index in [-0.39, 0.29) is 0 Å². The Morgan fingerprint density at radius 2 is 2.36 bits per heavy atom. The standard InChI is InChI=1S/C9H17NO/c1-9(5-8-11)10-6-3-2-4-7-10/h2-3,9,11H,4-8H2,1H3. The van der Waals surface area contributed by atoms with E-state index in [4.69, 9.17) is 5.11 Å². The lowest BCUT2D eigenvalue weighted by Gasteiger charge is -2.29. The highest BCUT2D eigenvalue weighted by atomic mass is 16.3. The van der Waals surface area contributed by atoms with Crippen LogP contribution in [0, 0.1) is 0 Å². The Hall–Kier alpha value is -0.340. The fraction of sp³-hybridized carbons (Fsp3) is 0.778. The molecule has 1 aliphatic heterocycles. The first kappa shape index (κ1) is 8.75. The summed E-state index contributed by atoms with van der Waals surface area (Å²) >= 11 is 0. The van der Waals surface area contributed by atoms with Gasteiger partial charge in [0, 0.05) is 25.7 Å². The number of aliphatic hydroxyl groups is 1. The van der Waals surface area contributed by atoms with Crippen LogP contribution in [-0.4, -0.2) is 35.7 Å². The summed E-state index contributed by atoms with van der Waals surface area (Å²) < 4.78 is 0. The van der Waals surface area contributed by atoms with Crippen molar-refractivity contribution in [1.29, 1.82) is 0 Å². The summed E-state index contributed by atoms with van der Waals surface area (Å²) in [4.78, 5) is 2.40. The molecule has 64 valence electrons. The van der Waals surface area contributed by atoms with Crippen molar-refractivity contribution in [3.8, 4) is 0 Å². The van der Waals surface area contributed by atoms with Gasteiger partial charge in [-0.05, 0) is 19.8 Å².